The second kappa shape index (κ2) is 22.2. The van der Waals surface area contributed by atoms with E-state index in [2.05, 4.69) is 55.7 Å². The standard InChI is InChI=1S/C31H28N8.2C2H6.CH4S.Cu/c1-6-9-13-22-18-35-30-24-14-10-11-15-25(24)31(39-30)38-28(33)23(12-7-2)21(8-3)17-34-26-16-19(4)29(36-26)37-27(32)20(22)5;3*1-2;/h6-18H,1,3H2,2,4-5H3,(H2-2,32,33,34,35,36,37,38,39);2*1-2H3;2H,1H3;/q-2;;;;+2/b12-7-,13-9-;;;;. The quantitative estimate of drug-likeness (QED) is 0.166. The summed E-state index contributed by atoms with van der Waals surface area (Å²) in [6.45, 7) is 21.2. The van der Waals surface area contributed by atoms with E-state index in [1.165, 1.54) is 0 Å². The molecule has 10 heteroatoms. The molecule has 0 unspecified atom stereocenters. The molecule has 2 aliphatic rings. The molecule has 0 spiro atoms. The SMILES string of the molecule is C=C/C=C\c1cnc2nc(nc([NH-])c(/C=C\C)c(C=C)cnc3nc(nc([NH-])c1C)C(C)=C3)-c1ccccc1-2.CC.CC.CS.[Cu+2]. The van der Waals surface area contributed by atoms with E-state index in [0.717, 1.165) is 16.7 Å². The Balaban J connectivity index is 0.00000273. The summed E-state index contributed by atoms with van der Waals surface area (Å²) in [6.07, 6.45) is 17.2. The molecular weight excluding hydrogens is 640 g/mol. The van der Waals surface area contributed by atoms with Crippen LogP contribution in [0.15, 0.2) is 68.0 Å². The minimum absolute atomic E-state index is 0. The summed E-state index contributed by atoms with van der Waals surface area (Å²) in [5, 5.41) is 0. The molecule has 0 amide bonds. The van der Waals surface area contributed by atoms with Gasteiger partial charge in [-0.3, -0.25) is 0 Å². The Hall–Kier alpha value is -4.37. The number of thiol groups is 1. The van der Waals surface area contributed by atoms with Crippen LogP contribution in [0.3, 0.4) is 0 Å². The Morgan fingerprint density at radius 3 is 1.91 bits per heavy atom. The molecule has 1 aromatic heterocycles. The van der Waals surface area contributed by atoms with Crippen molar-refractivity contribution in [3.63, 3.8) is 0 Å². The summed E-state index contributed by atoms with van der Waals surface area (Å²) in [7, 11) is 0. The fourth-order valence-electron chi connectivity index (χ4n) is 3.85. The van der Waals surface area contributed by atoms with Gasteiger partial charge in [-0.2, -0.15) is 12.6 Å². The Morgan fingerprint density at radius 2 is 1.33 bits per heavy atom. The summed E-state index contributed by atoms with van der Waals surface area (Å²) >= 11 is 3.53. The second-order valence-electron chi connectivity index (χ2n) is 8.61. The first-order valence-corrected chi connectivity index (χ1v) is 15.6. The molecule has 0 saturated carbocycles. The zero-order chi connectivity index (χ0) is 33.9. The van der Waals surface area contributed by atoms with E-state index in [9.17, 15) is 0 Å². The molecule has 46 heavy (non-hydrogen) atoms. The molecule has 2 aromatic rings. The number of allylic oxidation sites excluding steroid dienone is 4. The van der Waals surface area contributed by atoms with Crippen molar-refractivity contribution in [1.82, 2.24) is 29.9 Å². The number of fused-ring (bicyclic) bond motifs is 7. The van der Waals surface area contributed by atoms with E-state index >= 15 is 0 Å². The van der Waals surface area contributed by atoms with Crippen LogP contribution in [0.5, 0.6) is 0 Å². The van der Waals surface area contributed by atoms with Gasteiger partial charge in [0.2, 0.25) is 0 Å². The van der Waals surface area contributed by atoms with Crippen LogP contribution in [0.2, 0.25) is 0 Å². The van der Waals surface area contributed by atoms with Gasteiger partial charge in [0.1, 0.15) is 0 Å². The molecular formula is C36H44CuN8S. The number of aromatic nitrogens is 6. The maximum Gasteiger partial charge on any atom is 2.00 e. The molecule has 3 heterocycles. The number of nitrogens with one attached hydrogen (secondary N) is 2. The Bertz CT molecular complexity index is 1660. The minimum Gasteiger partial charge on any atom is -0.482 e. The molecule has 8 nitrogen and oxygen atoms in total. The number of hydrogen-bond acceptors (Lipinski definition) is 7. The molecule has 0 aliphatic carbocycles. The van der Waals surface area contributed by atoms with Crippen LogP contribution in [0, 0.1) is 6.92 Å². The molecule has 0 fully saturated rings. The van der Waals surface area contributed by atoms with Gasteiger partial charge in [0.05, 0.1) is 11.6 Å². The van der Waals surface area contributed by atoms with Gasteiger partial charge in [-0.15, -0.1) is 0 Å². The number of rotatable bonds is 4. The van der Waals surface area contributed by atoms with Crippen molar-refractivity contribution in [2.45, 2.75) is 48.5 Å². The predicted octanol–water partition coefficient (Wildman–Crippen LogP) is 11.1. The number of hydrogen-bond donors (Lipinski definition) is 1. The zero-order valence-corrected chi connectivity index (χ0v) is 29.7. The first-order valence-electron chi connectivity index (χ1n) is 14.7. The summed E-state index contributed by atoms with van der Waals surface area (Å²) in [5.41, 5.74) is 22.2. The fraction of sp³-hybridized carbons (Fsp3) is 0.222. The van der Waals surface area contributed by atoms with Crippen molar-refractivity contribution in [1.29, 1.82) is 0 Å². The van der Waals surface area contributed by atoms with Crippen LogP contribution < -0.4 is 0 Å². The van der Waals surface area contributed by atoms with Crippen molar-refractivity contribution in [2.75, 3.05) is 6.26 Å². The molecule has 4 bridgehead atoms. The van der Waals surface area contributed by atoms with E-state index in [-0.39, 0.29) is 28.7 Å². The minimum atomic E-state index is 0. The average Bonchev–Trinajstić information content (AvgIpc) is 3.61. The van der Waals surface area contributed by atoms with Crippen molar-refractivity contribution in [3.8, 4) is 22.8 Å². The van der Waals surface area contributed by atoms with Crippen LogP contribution in [-0.2, 0) is 17.1 Å². The van der Waals surface area contributed by atoms with E-state index in [1.807, 2.05) is 78.0 Å². The first-order chi connectivity index (χ1) is 21.9. The van der Waals surface area contributed by atoms with Crippen molar-refractivity contribution in [2.24, 2.45) is 0 Å². The van der Waals surface area contributed by atoms with Gasteiger partial charge in [-0.05, 0) is 60.9 Å². The summed E-state index contributed by atoms with van der Waals surface area (Å²) in [5.74, 6) is 1.75. The smallest absolute Gasteiger partial charge is 0.482 e. The third-order valence-corrected chi connectivity index (χ3v) is 5.96. The number of nitrogens with zero attached hydrogens (tertiary/aromatic N) is 6. The molecule has 2 aliphatic heterocycles. The normalized spacial score (nSPS) is 10.4. The maximum absolute atomic E-state index is 8.82. The summed E-state index contributed by atoms with van der Waals surface area (Å²) in [4.78, 5) is 27.4. The Morgan fingerprint density at radius 1 is 0.739 bits per heavy atom. The second-order valence-corrected chi connectivity index (χ2v) is 8.61. The molecule has 2 N–H and O–H groups in total. The van der Waals surface area contributed by atoms with E-state index in [0.29, 0.717) is 45.6 Å². The van der Waals surface area contributed by atoms with Crippen LogP contribution in [0.1, 0.15) is 75.4 Å². The largest absolute Gasteiger partial charge is 2.00 e. The van der Waals surface area contributed by atoms with Crippen LogP contribution >= 0.6 is 12.6 Å². The van der Waals surface area contributed by atoms with Crippen LogP contribution in [-0.4, -0.2) is 36.2 Å². The molecule has 245 valence electrons. The summed E-state index contributed by atoms with van der Waals surface area (Å²) in [6, 6.07) is 7.62. The third-order valence-electron chi connectivity index (χ3n) is 5.96. The van der Waals surface area contributed by atoms with Gasteiger partial charge in [0.25, 0.3) is 0 Å². The Labute approximate surface area is 290 Å². The van der Waals surface area contributed by atoms with E-state index in [4.69, 9.17) is 11.5 Å². The first kappa shape index (κ1) is 41.6. The van der Waals surface area contributed by atoms with Gasteiger partial charge in [0.15, 0.2) is 11.6 Å². The average molecular weight is 684 g/mol. The van der Waals surface area contributed by atoms with Crippen LogP contribution in [0.4, 0.5) is 11.6 Å². The predicted molar refractivity (Wildman–Crippen MR) is 198 cm³/mol. The van der Waals surface area contributed by atoms with Gasteiger partial charge in [0, 0.05) is 23.5 Å². The number of benzene rings is 1. The van der Waals surface area contributed by atoms with Gasteiger partial charge < -0.3 is 21.4 Å². The topological polar surface area (TPSA) is 125 Å². The van der Waals surface area contributed by atoms with Crippen molar-refractivity contribution >= 4 is 54.1 Å². The van der Waals surface area contributed by atoms with Gasteiger partial charge >= 0.3 is 17.1 Å². The zero-order valence-electron chi connectivity index (χ0n) is 27.9. The fourth-order valence-corrected chi connectivity index (χ4v) is 3.85. The van der Waals surface area contributed by atoms with Crippen molar-refractivity contribution in [3.05, 3.63) is 113 Å². The molecule has 1 radical (unpaired) electrons. The molecule has 0 atom stereocenters. The van der Waals surface area contributed by atoms with E-state index in [1.54, 1.807) is 56.0 Å². The molecule has 4 rings (SSSR count). The molecule has 1 aromatic carbocycles. The van der Waals surface area contributed by atoms with Crippen LogP contribution in [0.25, 0.3) is 64.1 Å². The maximum atomic E-state index is 8.82. The monoisotopic (exact) mass is 683 g/mol. The summed E-state index contributed by atoms with van der Waals surface area (Å²) < 4.78 is 0. The van der Waals surface area contributed by atoms with Gasteiger partial charge in [-0.25, -0.2) is 19.9 Å². The third kappa shape index (κ3) is 10.9. The Kier molecular flexibility index (Phi) is 20.1. The van der Waals surface area contributed by atoms with E-state index < -0.39 is 0 Å². The molecule has 0 saturated heterocycles. The van der Waals surface area contributed by atoms with Gasteiger partial charge in [-0.1, -0.05) is 113 Å². The van der Waals surface area contributed by atoms with Crippen molar-refractivity contribution < 1.29 is 17.1 Å².